The van der Waals surface area contributed by atoms with Crippen molar-refractivity contribution in [1.82, 2.24) is 20.7 Å². The van der Waals surface area contributed by atoms with Gasteiger partial charge < -0.3 is 15.5 Å². The molecule has 31 heavy (non-hydrogen) atoms. The van der Waals surface area contributed by atoms with Crippen LogP contribution in [0.3, 0.4) is 0 Å². The van der Waals surface area contributed by atoms with Gasteiger partial charge in [0.2, 0.25) is 0 Å². The van der Waals surface area contributed by atoms with Crippen LogP contribution in [0.25, 0.3) is 11.1 Å². The fourth-order valence-corrected chi connectivity index (χ4v) is 3.45. The molecule has 0 aliphatic heterocycles. The van der Waals surface area contributed by atoms with Crippen molar-refractivity contribution in [2.45, 2.75) is 32.7 Å². The predicted molar refractivity (Wildman–Crippen MR) is 115 cm³/mol. The summed E-state index contributed by atoms with van der Waals surface area (Å²) in [6, 6.07) is 15.6. The van der Waals surface area contributed by atoms with Crippen LogP contribution in [0.5, 0.6) is 0 Å². The Morgan fingerprint density at radius 1 is 1.16 bits per heavy atom. The number of hydrogen-bond donors (Lipinski definition) is 4. The van der Waals surface area contributed by atoms with Crippen molar-refractivity contribution < 1.29 is 19.8 Å². The third-order valence-electron chi connectivity index (χ3n) is 5.33. The minimum Gasteiger partial charge on any atom is -0.481 e. The lowest BCUT2D eigenvalue weighted by Crippen LogP contribution is -2.44. The molecule has 2 aromatic carbocycles. The Kier molecular flexibility index (Phi) is 6.81. The summed E-state index contributed by atoms with van der Waals surface area (Å²) in [6.45, 7) is 2.97. The quantitative estimate of drug-likeness (QED) is 0.420. The largest absolute Gasteiger partial charge is 0.481 e. The predicted octanol–water partition coefficient (Wildman–Crippen LogP) is 2.59. The van der Waals surface area contributed by atoms with E-state index >= 15 is 0 Å². The van der Waals surface area contributed by atoms with Crippen LogP contribution in [0, 0.1) is 12.3 Å². The molecule has 3 rings (SSSR count). The second-order valence-corrected chi connectivity index (χ2v) is 8.03. The van der Waals surface area contributed by atoms with Gasteiger partial charge in [0.1, 0.15) is 0 Å². The number of amides is 1. The highest BCUT2D eigenvalue weighted by atomic mass is 16.4. The van der Waals surface area contributed by atoms with Gasteiger partial charge in [0.15, 0.2) is 5.69 Å². The number of carbonyl (C=O) groups is 2. The fraction of sp³-hybridized carbons (Fsp3) is 0.304. The molecule has 1 heterocycles. The number of carboxylic acids is 1. The van der Waals surface area contributed by atoms with Gasteiger partial charge in [-0.15, -0.1) is 5.10 Å². The number of benzene rings is 2. The number of aliphatic hydroxyl groups is 1. The molecule has 0 radical (unpaired) electrons. The molecule has 162 valence electrons. The zero-order valence-corrected chi connectivity index (χ0v) is 17.5. The van der Waals surface area contributed by atoms with Crippen LogP contribution in [-0.4, -0.2) is 50.1 Å². The summed E-state index contributed by atoms with van der Waals surface area (Å²) >= 11 is 0. The van der Waals surface area contributed by atoms with E-state index in [1.807, 2.05) is 49.4 Å². The van der Waals surface area contributed by atoms with Gasteiger partial charge in [-0.2, -0.15) is 0 Å². The van der Waals surface area contributed by atoms with Crippen LogP contribution in [0.1, 0.15) is 35.0 Å². The molecule has 0 saturated carbocycles. The van der Waals surface area contributed by atoms with E-state index in [0.717, 1.165) is 16.7 Å². The normalized spacial score (nSPS) is 13.9. The lowest BCUT2D eigenvalue weighted by Gasteiger charge is -2.28. The smallest absolute Gasteiger partial charge is 0.311 e. The van der Waals surface area contributed by atoms with Gasteiger partial charge in [0, 0.05) is 6.04 Å². The molecule has 2 atom stereocenters. The first-order chi connectivity index (χ1) is 14.8. The minimum atomic E-state index is -1.39. The van der Waals surface area contributed by atoms with Gasteiger partial charge in [-0.05, 0) is 43.4 Å². The van der Waals surface area contributed by atoms with E-state index in [-0.39, 0.29) is 12.1 Å². The average Bonchev–Trinajstić information content (AvgIpc) is 3.29. The minimum absolute atomic E-state index is 0.0576. The highest BCUT2D eigenvalue weighted by Gasteiger charge is 2.36. The summed E-state index contributed by atoms with van der Waals surface area (Å²) in [7, 11) is 0. The lowest BCUT2D eigenvalue weighted by molar-refractivity contribution is -0.151. The van der Waals surface area contributed by atoms with Gasteiger partial charge in [0.05, 0.1) is 18.2 Å². The van der Waals surface area contributed by atoms with Crippen molar-refractivity contribution in [2.75, 3.05) is 6.61 Å². The van der Waals surface area contributed by atoms with Crippen LogP contribution in [0.15, 0.2) is 54.7 Å². The van der Waals surface area contributed by atoms with E-state index in [4.69, 9.17) is 0 Å². The monoisotopic (exact) mass is 422 g/mol. The Morgan fingerprint density at radius 3 is 2.48 bits per heavy atom. The number of carbonyl (C=O) groups excluding carboxylic acids is 1. The number of aliphatic hydroxyl groups excluding tert-OH is 1. The van der Waals surface area contributed by atoms with E-state index in [1.165, 1.54) is 18.7 Å². The molecule has 0 aliphatic rings. The number of aromatic amines is 1. The molecular weight excluding hydrogens is 396 g/mol. The maximum atomic E-state index is 12.5. The number of rotatable bonds is 9. The molecule has 0 aliphatic carbocycles. The molecule has 0 bridgehead atoms. The summed E-state index contributed by atoms with van der Waals surface area (Å²) in [5.74, 6) is -1.58. The van der Waals surface area contributed by atoms with Crippen LogP contribution in [0.2, 0.25) is 0 Å². The van der Waals surface area contributed by atoms with E-state index in [9.17, 15) is 19.8 Å². The number of nitrogens with one attached hydrogen (secondary N) is 2. The van der Waals surface area contributed by atoms with Gasteiger partial charge in [-0.1, -0.05) is 59.3 Å². The maximum absolute atomic E-state index is 12.5. The molecule has 8 nitrogen and oxygen atoms in total. The van der Waals surface area contributed by atoms with Crippen molar-refractivity contribution >= 4 is 11.9 Å². The van der Waals surface area contributed by atoms with E-state index in [1.54, 1.807) is 0 Å². The molecule has 0 spiro atoms. The standard InChI is InChI=1S/C23H26N4O4/c1-15-4-3-5-18(10-15)17-8-6-16(7-9-17)11-19(12-23(2,14-28)22(30)31)25-21(29)20-13-24-27-26-20/h3-10,13,19,28H,11-12,14H2,1-2H3,(H,25,29)(H,30,31)(H,24,26,27)/t19-,23?/m1/s1. The number of aryl methyl sites for hydroxylation is 1. The van der Waals surface area contributed by atoms with Crippen LogP contribution >= 0.6 is 0 Å². The Hall–Kier alpha value is -3.52. The molecule has 1 aromatic heterocycles. The zero-order valence-electron chi connectivity index (χ0n) is 17.5. The Morgan fingerprint density at radius 2 is 1.90 bits per heavy atom. The Balaban J connectivity index is 1.80. The molecule has 4 N–H and O–H groups in total. The average molecular weight is 422 g/mol. The summed E-state index contributed by atoms with van der Waals surface area (Å²) in [6.07, 6.45) is 1.83. The van der Waals surface area contributed by atoms with E-state index in [0.29, 0.717) is 6.42 Å². The first kappa shape index (κ1) is 22.2. The highest BCUT2D eigenvalue weighted by Crippen LogP contribution is 2.26. The number of H-pyrrole nitrogens is 1. The summed E-state index contributed by atoms with van der Waals surface area (Å²) in [5.41, 5.74) is 3.02. The topological polar surface area (TPSA) is 128 Å². The molecule has 1 unspecified atom stereocenters. The number of carboxylic acid groups (broad SMARTS) is 1. The molecule has 0 saturated heterocycles. The Labute approximate surface area is 180 Å². The SMILES string of the molecule is Cc1cccc(-c2ccc(C[C@H](CC(C)(CO)C(=O)O)NC(=O)c3c[nH]nn3)cc2)c1. The second kappa shape index (κ2) is 9.53. The lowest BCUT2D eigenvalue weighted by atomic mass is 9.82. The van der Waals surface area contributed by atoms with Gasteiger partial charge in [0.25, 0.3) is 5.91 Å². The van der Waals surface area contributed by atoms with Gasteiger partial charge in [-0.25, -0.2) is 0 Å². The third-order valence-corrected chi connectivity index (χ3v) is 5.33. The zero-order chi connectivity index (χ0) is 22.4. The number of aromatic nitrogens is 3. The molecular formula is C23H26N4O4. The van der Waals surface area contributed by atoms with E-state index < -0.39 is 29.9 Å². The second-order valence-electron chi connectivity index (χ2n) is 8.03. The van der Waals surface area contributed by atoms with Gasteiger partial charge in [-0.3, -0.25) is 14.7 Å². The highest BCUT2D eigenvalue weighted by molar-refractivity contribution is 5.92. The number of nitrogens with zero attached hydrogens (tertiary/aromatic N) is 2. The van der Waals surface area contributed by atoms with Crippen molar-refractivity contribution in [3.63, 3.8) is 0 Å². The summed E-state index contributed by atoms with van der Waals surface area (Å²) in [5, 5.41) is 31.7. The maximum Gasteiger partial charge on any atom is 0.311 e. The first-order valence-corrected chi connectivity index (χ1v) is 9.98. The Bertz CT molecular complexity index is 1030. The molecule has 0 fully saturated rings. The van der Waals surface area contributed by atoms with E-state index in [2.05, 4.69) is 26.8 Å². The summed E-state index contributed by atoms with van der Waals surface area (Å²) in [4.78, 5) is 24.2. The van der Waals surface area contributed by atoms with Gasteiger partial charge >= 0.3 is 5.97 Å². The van der Waals surface area contributed by atoms with Crippen LogP contribution in [0.4, 0.5) is 0 Å². The van der Waals surface area contributed by atoms with Crippen molar-refractivity contribution in [3.05, 3.63) is 71.5 Å². The third kappa shape index (κ3) is 5.55. The molecule has 1 amide bonds. The molecule has 3 aromatic rings. The number of hydrogen-bond acceptors (Lipinski definition) is 5. The van der Waals surface area contributed by atoms with Crippen molar-refractivity contribution in [1.29, 1.82) is 0 Å². The first-order valence-electron chi connectivity index (χ1n) is 9.98. The van der Waals surface area contributed by atoms with Crippen molar-refractivity contribution in [3.8, 4) is 11.1 Å². The summed E-state index contributed by atoms with van der Waals surface area (Å²) < 4.78 is 0. The van der Waals surface area contributed by atoms with Crippen molar-refractivity contribution in [2.24, 2.45) is 5.41 Å². The number of aliphatic carboxylic acids is 1. The van der Waals surface area contributed by atoms with Crippen LogP contribution in [-0.2, 0) is 11.2 Å². The molecule has 8 heteroatoms. The fourth-order valence-electron chi connectivity index (χ4n) is 3.45. The van der Waals surface area contributed by atoms with Crippen LogP contribution < -0.4 is 5.32 Å².